The SMILES string of the molecule is Cc1cccc(C(C)NC(=O)c2cn(C)nc2C2CCOC2)c1C. The van der Waals surface area contributed by atoms with Crippen LogP contribution < -0.4 is 5.32 Å². The van der Waals surface area contributed by atoms with Gasteiger partial charge >= 0.3 is 0 Å². The molecule has 0 saturated carbocycles. The van der Waals surface area contributed by atoms with Crippen LogP contribution in [0.25, 0.3) is 0 Å². The first-order valence-electron chi connectivity index (χ1n) is 8.45. The van der Waals surface area contributed by atoms with Gasteiger partial charge < -0.3 is 10.1 Å². The Morgan fingerprint density at radius 1 is 1.42 bits per heavy atom. The molecule has 24 heavy (non-hydrogen) atoms. The quantitative estimate of drug-likeness (QED) is 0.939. The summed E-state index contributed by atoms with van der Waals surface area (Å²) in [5.74, 6) is 0.140. The van der Waals surface area contributed by atoms with Crippen LogP contribution in [-0.4, -0.2) is 28.9 Å². The number of aromatic nitrogens is 2. The first-order valence-corrected chi connectivity index (χ1v) is 8.45. The molecule has 2 heterocycles. The number of ether oxygens (including phenoxy) is 1. The number of hydrogen-bond donors (Lipinski definition) is 1. The molecule has 1 amide bonds. The number of amides is 1. The van der Waals surface area contributed by atoms with Crippen LogP contribution in [0.2, 0.25) is 0 Å². The lowest BCUT2D eigenvalue weighted by molar-refractivity contribution is 0.0938. The van der Waals surface area contributed by atoms with Gasteiger partial charge in [-0.25, -0.2) is 0 Å². The van der Waals surface area contributed by atoms with E-state index in [-0.39, 0.29) is 17.9 Å². The molecule has 2 unspecified atom stereocenters. The van der Waals surface area contributed by atoms with Gasteiger partial charge in [-0.05, 0) is 43.9 Å². The van der Waals surface area contributed by atoms with Gasteiger partial charge in [0.1, 0.15) is 0 Å². The van der Waals surface area contributed by atoms with Crippen LogP contribution in [0.15, 0.2) is 24.4 Å². The van der Waals surface area contributed by atoms with Crippen LogP contribution in [0.1, 0.15) is 58.0 Å². The smallest absolute Gasteiger partial charge is 0.255 e. The third kappa shape index (κ3) is 3.22. The zero-order valence-corrected chi connectivity index (χ0v) is 14.8. The third-order valence-electron chi connectivity index (χ3n) is 4.88. The Hall–Kier alpha value is -2.14. The van der Waals surface area contributed by atoms with Crippen molar-refractivity contribution in [1.82, 2.24) is 15.1 Å². The summed E-state index contributed by atoms with van der Waals surface area (Å²) in [6.45, 7) is 7.59. The molecule has 1 aromatic heterocycles. The van der Waals surface area contributed by atoms with Gasteiger partial charge in [-0.15, -0.1) is 0 Å². The fourth-order valence-electron chi connectivity index (χ4n) is 3.33. The Bertz CT molecular complexity index is 745. The minimum Gasteiger partial charge on any atom is -0.381 e. The molecule has 5 heteroatoms. The fourth-order valence-corrected chi connectivity index (χ4v) is 3.33. The number of rotatable bonds is 4. The van der Waals surface area contributed by atoms with E-state index >= 15 is 0 Å². The summed E-state index contributed by atoms with van der Waals surface area (Å²) in [6.07, 6.45) is 2.72. The second-order valence-corrected chi connectivity index (χ2v) is 6.65. The van der Waals surface area contributed by atoms with E-state index in [0.29, 0.717) is 12.2 Å². The van der Waals surface area contributed by atoms with Crippen LogP contribution in [-0.2, 0) is 11.8 Å². The summed E-state index contributed by atoms with van der Waals surface area (Å²) >= 11 is 0. The van der Waals surface area contributed by atoms with E-state index in [2.05, 4.69) is 36.4 Å². The molecule has 2 aromatic rings. The molecule has 128 valence electrons. The molecule has 1 aromatic carbocycles. The maximum atomic E-state index is 12.8. The zero-order chi connectivity index (χ0) is 17.3. The number of carbonyl (C=O) groups is 1. The highest BCUT2D eigenvalue weighted by Crippen LogP contribution is 2.27. The molecule has 1 N–H and O–H groups in total. The highest BCUT2D eigenvalue weighted by atomic mass is 16.5. The van der Waals surface area contributed by atoms with E-state index in [4.69, 9.17) is 4.74 Å². The average molecular weight is 327 g/mol. The number of carbonyl (C=O) groups excluding carboxylic acids is 1. The lowest BCUT2D eigenvalue weighted by atomic mass is 9.97. The predicted octanol–water partition coefficient (Wildman–Crippen LogP) is 3.03. The molecule has 2 atom stereocenters. The monoisotopic (exact) mass is 327 g/mol. The minimum absolute atomic E-state index is 0.0507. The number of aryl methyl sites for hydroxylation is 2. The van der Waals surface area contributed by atoms with Crippen molar-refractivity contribution in [3.05, 3.63) is 52.3 Å². The predicted molar refractivity (Wildman–Crippen MR) is 93.2 cm³/mol. The first kappa shape index (κ1) is 16.7. The van der Waals surface area contributed by atoms with Crippen molar-refractivity contribution in [3.63, 3.8) is 0 Å². The van der Waals surface area contributed by atoms with E-state index in [1.807, 2.05) is 20.0 Å². The normalized spacial score (nSPS) is 18.6. The van der Waals surface area contributed by atoms with Crippen LogP contribution in [0.3, 0.4) is 0 Å². The zero-order valence-electron chi connectivity index (χ0n) is 14.8. The van der Waals surface area contributed by atoms with E-state index < -0.39 is 0 Å². The Labute approximate surface area is 143 Å². The molecule has 0 radical (unpaired) electrons. The maximum absolute atomic E-state index is 12.8. The Kier molecular flexibility index (Phi) is 4.71. The summed E-state index contributed by atoms with van der Waals surface area (Å²) in [5.41, 5.74) is 5.11. The van der Waals surface area contributed by atoms with Crippen molar-refractivity contribution in [1.29, 1.82) is 0 Å². The molecule has 3 rings (SSSR count). The number of nitrogens with zero attached hydrogens (tertiary/aromatic N) is 2. The Balaban J connectivity index is 1.81. The van der Waals surface area contributed by atoms with E-state index in [1.165, 1.54) is 11.1 Å². The van der Waals surface area contributed by atoms with E-state index in [9.17, 15) is 4.79 Å². The van der Waals surface area contributed by atoms with Gasteiger partial charge in [-0.1, -0.05) is 18.2 Å². The molecule has 1 fully saturated rings. The van der Waals surface area contributed by atoms with Gasteiger partial charge in [0, 0.05) is 25.8 Å². The van der Waals surface area contributed by atoms with Gasteiger partial charge in [-0.2, -0.15) is 5.10 Å². The Morgan fingerprint density at radius 2 is 2.21 bits per heavy atom. The number of nitrogens with one attached hydrogen (secondary N) is 1. The molecule has 0 bridgehead atoms. The largest absolute Gasteiger partial charge is 0.381 e. The molecular weight excluding hydrogens is 302 g/mol. The minimum atomic E-state index is -0.0709. The fraction of sp³-hybridized carbons (Fsp3) is 0.474. The highest BCUT2D eigenvalue weighted by Gasteiger charge is 2.27. The van der Waals surface area contributed by atoms with Crippen molar-refractivity contribution in [2.45, 2.75) is 39.2 Å². The molecule has 0 spiro atoms. The molecular formula is C19H25N3O2. The molecule has 0 aliphatic carbocycles. The lowest BCUT2D eigenvalue weighted by Gasteiger charge is -2.18. The third-order valence-corrected chi connectivity index (χ3v) is 4.88. The number of benzene rings is 1. The summed E-state index contributed by atoms with van der Waals surface area (Å²) in [7, 11) is 1.85. The van der Waals surface area contributed by atoms with Crippen LogP contribution in [0.4, 0.5) is 0 Å². The van der Waals surface area contributed by atoms with Crippen molar-refractivity contribution < 1.29 is 9.53 Å². The lowest BCUT2D eigenvalue weighted by Crippen LogP contribution is -2.28. The Morgan fingerprint density at radius 3 is 2.92 bits per heavy atom. The van der Waals surface area contributed by atoms with Crippen LogP contribution >= 0.6 is 0 Å². The van der Waals surface area contributed by atoms with Gasteiger partial charge in [0.25, 0.3) is 5.91 Å². The first-order chi connectivity index (χ1) is 11.5. The second kappa shape index (κ2) is 6.77. The van der Waals surface area contributed by atoms with Crippen molar-refractivity contribution in [2.75, 3.05) is 13.2 Å². The van der Waals surface area contributed by atoms with Crippen molar-refractivity contribution >= 4 is 5.91 Å². The summed E-state index contributed by atoms with van der Waals surface area (Å²) in [5, 5.41) is 7.63. The van der Waals surface area contributed by atoms with Crippen molar-refractivity contribution in [3.8, 4) is 0 Å². The van der Waals surface area contributed by atoms with E-state index in [1.54, 1.807) is 10.9 Å². The topological polar surface area (TPSA) is 56.2 Å². The molecule has 1 aliphatic heterocycles. The van der Waals surface area contributed by atoms with Crippen molar-refractivity contribution in [2.24, 2.45) is 7.05 Å². The van der Waals surface area contributed by atoms with Crippen LogP contribution in [0.5, 0.6) is 0 Å². The van der Waals surface area contributed by atoms with Gasteiger partial charge in [0.2, 0.25) is 0 Å². The maximum Gasteiger partial charge on any atom is 0.255 e. The summed E-state index contributed by atoms with van der Waals surface area (Å²) in [6, 6.07) is 6.14. The van der Waals surface area contributed by atoms with Gasteiger partial charge in [0.15, 0.2) is 0 Å². The molecule has 1 aliphatic rings. The molecule has 5 nitrogen and oxygen atoms in total. The van der Waals surface area contributed by atoms with Gasteiger partial charge in [0.05, 0.1) is 23.9 Å². The second-order valence-electron chi connectivity index (χ2n) is 6.65. The van der Waals surface area contributed by atoms with E-state index in [0.717, 1.165) is 24.3 Å². The summed E-state index contributed by atoms with van der Waals surface area (Å²) in [4.78, 5) is 12.8. The number of hydrogen-bond acceptors (Lipinski definition) is 3. The average Bonchev–Trinajstić information content (AvgIpc) is 3.18. The van der Waals surface area contributed by atoms with Crippen LogP contribution in [0, 0.1) is 13.8 Å². The highest BCUT2D eigenvalue weighted by molar-refractivity contribution is 5.95. The summed E-state index contributed by atoms with van der Waals surface area (Å²) < 4.78 is 7.17. The standard InChI is InChI=1S/C19H25N3O2/c1-12-6-5-7-16(13(12)2)14(3)20-19(23)17-10-22(4)21-18(17)15-8-9-24-11-15/h5-7,10,14-15H,8-9,11H2,1-4H3,(H,20,23). The molecule has 1 saturated heterocycles. The van der Waals surface area contributed by atoms with Gasteiger partial charge in [-0.3, -0.25) is 9.48 Å².